The maximum atomic E-state index is 11.9. The number of oxime groups is 1. The number of hydrogen-bond donors (Lipinski definition) is 3. The van der Waals surface area contributed by atoms with Crippen LogP contribution in [0.15, 0.2) is 29.4 Å². The standard InChI is InChI=1S/C16H25N3O2/c1-3-4-5-6-12(2)18-15(20)11-13-7-9-14(10-8-13)16(17)19-21/h7-10,12,21H,3-6,11H2,1-2H3,(H2,17,19)(H,18,20). The molecule has 116 valence electrons. The number of carbonyl (C=O) groups excluding carboxylic acids is 1. The second-order valence-corrected chi connectivity index (χ2v) is 5.32. The number of nitrogens with zero attached hydrogens (tertiary/aromatic N) is 1. The number of rotatable bonds is 8. The molecule has 0 saturated carbocycles. The van der Waals surface area contributed by atoms with E-state index in [0.717, 1.165) is 18.4 Å². The van der Waals surface area contributed by atoms with Crippen LogP contribution in [0, 0.1) is 0 Å². The molecule has 0 radical (unpaired) electrons. The van der Waals surface area contributed by atoms with Crippen molar-refractivity contribution in [1.82, 2.24) is 5.32 Å². The van der Waals surface area contributed by atoms with Gasteiger partial charge in [0.05, 0.1) is 6.42 Å². The van der Waals surface area contributed by atoms with Crippen LogP contribution in [-0.4, -0.2) is 23.0 Å². The minimum Gasteiger partial charge on any atom is -0.409 e. The Morgan fingerprint density at radius 1 is 1.33 bits per heavy atom. The molecular formula is C16H25N3O2. The van der Waals surface area contributed by atoms with E-state index in [0.29, 0.717) is 12.0 Å². The van der Waals surface area contributed by atoms with E-state index < -0.39 is 0 Å². The number of hydrogen-bond acceptors (Lipinski definition) is 3. The lowest BCUT2D eigenvalue weighted by molar-refractivity contribution is -0.121. The number of amides is 1. The fourth-order valence-electron chi connectivity index (χ4n) is 2.14. The van der Waals surface area contributed by atoms with Gasteiger partial charge in [-0.15, -0.1) is 0 Å². The molecule has 1 amide bonds. The number of nitrogens with one attached hydrogen (secondary N) is 1. The van der Waals surface area contributed by atoms with E-state index in [1.54, 1.807) is 12.1 Å². The monoisotopic (exact) mass is 291 g/mol. The van der Waals surface area contributed by atoms with Crippen molar-refractivity contribution in [3.63, 3.8) is 0 Å². The molecule has 21 heavy (non-hydrogen) atoms. The lowest BCUT2D eigenvalue weighted by Crippen LogP contribution is -2.33. The number of unbranched alkanes of at least 4 members (excludes halogenated alkanes) is 2. The third kappa shape index (κ3) is 6.29. The Bertz CT molecular complexity index is 469. The molecule has 0 heterocycles. The van der Waals surface area contributed by atoms with E-state index >= 15 is 0 Å². The van der Waals surface area contributed by atoms with Crippen molar-refractivity contribution in [2.24, 2.45) is 10.9 Å². The lowest BCUT2D eigenvalue weighted by Gasteiger charge is -2.13. The van der Waals surface area contributed by atoms with Gasteiger partial charge in [-0.25, -0.2) is 0 Å². The average Bonchev–Trinajstić information content (AvgIpc) is 2.47. The highest BCUT2D eigenvalue weighted by atomic mass is 16.4. The summed E-state index contributed by atoms with van der Waals surface area (Å²) in [7, 11) is 0. The summed E-state index contributed by atoms with van der Waals surface area (Å²) in [5.41, 5.74) is 7.03. The molecule has 0 bridgehead atoms. The van der Waals surface area contributed by atoms with Crippen molar-refractivity contribution >= 4 is 11.7 Å². The Morgan fingerprint density at radius 2 is 2.00 bits per heavy atom. The van der Waals surface area contributed by atoms with Crippen LogP contribution in [-0.2, 0) is 11.2 Å². The van der Waals surface area contributed by atoms with E-state index in [9.17, 15) is 4.79 Å². The van der Waals surface area contributed by atoms with Gasteiger partial charge in [-0.2, -0.15) is 0 Å². The molecule has 0 saturated heterocycles. The highest BCUT2D eigenvalue weighted by molar-refractivity contribution is 5.97. The summed E-state index contributed by atoms with van der Waals surface area (Å²) in [6, 6.07) is 7.31. The van der Waals surface area contributed by atoms with E-state index in [4.69, 9.17) is 10.9 Å². The Balaban J connectivity index is 2.44. The van der Waals surface area contributed by atoms with Crippen molar-refractivity contribution < 1.29 is 10.0 Å². The van der Waals surface area contributed by atoms with Crippen LogP contribution < -0.4 is 11.1 Å². The van der Waals surface area contributed by atoms with Gasteiger partial charge in [0.2, 0.25) is 5.91 Å². The second-order valence-electron chi connectivity index (χ2n) is 5.32. The topological polar surface area (TPSA) is 87.7 Å². The van der Waals surface area contributed by atoms with Gasteiger partial charge in [-0.05, 0) is 18.9 Å². The van der Waals surface area contributed by atoms with E-state index in [-0.39, 0.29) is 17.8 Å². The number of nitrogens with two attached hydrogens (primary N) is 1. The van der Waals surface area contributed by atoms with Crippen LogP contribution in [0.25, 0.3) is 0 Å². The van der Waals surface area contributed by atoms with Crippen molar-refractivity contribution in [3.8, 4) is 0 Å². The summed E-state index contributed by atoms with van der Waals surface area (Å²) < 4.78 is 0. The van der Waals surface area contributed by atoms with Gasteiger partial charge in [0, 0.05) is 11.6 Å². The SMILES string of the molecule is CCCCCC(C)NC(=O)Cc1ccc(C(N)=NO)cc1. The fourth-order valence-corrected chi connectivity index (χ4v) is 2.14. The molecule has 0 aliphatic carbocycles. The van der Waals surface area contributed by atoms with Crippen molar-refractivity contribution in [2.75, 3.05) is 0 Å². The molecule has 0 aliphatic heterocycles. The predicted molar refractivity (Wildman–Crippen MR) is 84.4 cm³/mol. The molecule has 5 heteroatoms. The van der Waals surface area contributed by atoms with Gasteiger partial charge < -0.3 is 16.3 Å². The largest absolute Gasteiger partial charge is 0.409 e. The summed E-state index contributed by atoms with van der Waals surface area (Å²) in [5.74, 6) is 0.0890. The van der Waals surface area contributed by atoms with Gasteiger partial charge in [0.25, 0.3) is 0 Å². The van der Waals surface area contributed by atoms with E-state index in [1.165, 1.54) is 12.8 Å². The van der Waals surface area contributed by atoms with Crippen molar-refractivity contribution in [1.29, 1.82) is 0 Å². The first-order chi connectivity index (χ1) is 10.1. The Morgan fingerprint density at radius 3 is 2.57 bits per heavy atom. The lowest BCUT2D eigenvalue weighted by atomic mass is 10.1. The predicted octanol–water partition coefficient (Wildman–Crippen LogP) is 2.41. The van der Waals surface area contributed by atoms with Gasteiger partial charge >= 0.3 is 0 Å². The zero-order valence-corrected chi connectivity index (χ0v) is 12.8. The molecule has 0 aliphatic rings. The quantitative estimate of drug-likeness (QED) is 0.226. The zero-order valence-electron chi connectivity index (χ0n) is 12.8. The van der Waals surface area contributed by atoms with Crippen LogP contribution >= 0.6 is 0 Å². The average molecular weight is 291 g/mol. The van der Waals surface area contributed by atoms with Gasteiger partial charge in [-0.3, -0.25) is 4.79 Å². The van der Waals surface area contributed by atoms with Crippen molar-refractivity contribution in [2.45, 2.75) is 52.0 Å². The van der Waals surface area contributed by atoms with Crippen LogP contribution in [0.5, 0.6) is 0 Å². The molecule has 1 aromatic rings. The molecule has 1 atom stereocenters. The summed E-state index contributed by atoms with van der Waals surface area (Å²) in [5, 5.41) is 14.5. The summed E-state index contributed by atoms with van der Waals surface area (Å²) in [4.78, 5) is 11.9. The molecule has 0 spiro atoms. The first kappa shape index (κ1) is 17.0. The molecule has 1 unspecified atom stereocenters. The normalized spacial score (nSPS) is 13.0. The molecular weight excluding hydrogens is 266 g/mol. The Kier molecular flexibility index (Phi) is 7.29. The van der Waals surface area contributed by atoms with Crippen LogP contribution in [0.1, 0.15) is 50.7 Å². The highest BCUT2D eigenvalue weighted by Crippen LogP contribution is 2.06. The van der Waals surface area contributed by atoms with Crippen molar-refractivity contribution in [3.05, 3.63) is 35.4 Å². The van der Waals surface area contributed by atoms with Crippen LogP contribution in [0.4, 0.5) is 0 Å². The summed E-state index contributed by atoms with van der Waals surface area (Å²) >= 11 is 0. The van der Waals surface area contributed by atoms with Gasteiger partial charge in [0.1, 0.15) is 0 Å². The number of amidine groups is 1. The second kappa shape index (κ2) is 9.00. The number of benzene rings is 1. The van der Waals surface area contributed by atoms with Crippen LogP contribution in [0.3, 0.4) is 0 Å². The molecule has 0 fully saturated rings. The first-order valence-corrected chi connectivity index (χ1v) is 7.43. The van der Waals surface area contributed by atoms with E-state index in [1.807, 2.05) is 19.1 Å². The maximum absolute atomic E-state index is 11.9. The third-order valence-electron chi connectivity index (χ3n) is 3.37. The van der Waals surface area contributed by atoms with E-state index in [2.05, 4.69) is 17.4 Å². The minimum atomic E-state index is 0.0237. The first-order valence-electron chi connectivity index (χ1n) is 7.43. The Hall–Kier alpha value is -2.04. The van der Waals surface area contributed by atoms with Crippen LogP contribution in [0.2, 0.25) is 0 Å². The highest BCUT2D eigenvalue weighted by Gasteiger charge is 2.08. The zero-order chi connectivity index (χ0) is 15.7. The fraction of sp³-hybridized carbons (Fsp3) is 0.500. The number of carbonyl (C=O) groups is 1. The molecule has 5 nitrogen and oxygen atoms in total. The summed E-state index contributed by atoms with van der Waals surface area (Å²) in [6.07, 6.45) is 4.89. The smallest absolute Gasteiger partial charge is 0.224 e. The molecule has 0 aromatic heterocycles. The molecule has 4 N–H and O–H groups in total. The van der Waals surface area contributed by atoms with Gasteiger partial charge in [-0.1, -0.05) is 55.6 Å². The molecule has 1 rings (SSSR count). The summed E-state index contributed by atoms with van der Waals surface area (Å²) in [6.45, 7) is 4.20. The maximum Gasteiger partial charge on any atom is 0.224 e. The molecule has 1 aromatic carbocycles. The minimum absolute atomic E-state index is 0.0237. The third-order valence-corrected chi connectivity index (χ3v) is 3.37. The Labute approximate surface area is 126 Å². The van der Waals surface area contributed by atoms with Gasteiger partial charge in [0.15, 0.2) is 5.84 Å².